The van der Waals surface area contributed by atoms with Crippen LogP contribution in [-0.2, 0) is 0 Å². The van der Waals surface area contributed by atoms with Gasteiger partial charge in [0.15, 0.2) is 0 Å². The molecule has 0 amide bonds. The topological polar surface area (TPSA) is 20.2 Å². The Morgan fingerprint density at radius 3 is 2.60 bits per heavy atom. The summed E-state index contributed by atoms with van der Waals surface area (Å²) in [6.45, 7) is 0. The number of thioether (sulfide) groups is 1. The van der Waals surface area contributed by atoms with E-state index in [1.54, 1.807) is 23.9 Å². The van der Waals surface area contributed by atoms with Crippen LogP contribution in [0.4, 0.5) is 0 Å². The second-order valence-electron chi connectivity index (χ2n) is 1.89. The van der Waals surface area contributed by atoms with Crippen LogP contribution in [0.2, 0.25) is 0 Å². The number of thiol groups is 1. The lowest BCUT2D eigenvalue weighted by Crippen LogP contribution is -1.71. The Morgan fingerprint density at radius 2 is 2.10 bits per heavy atom. The van der Waals surface area contributed by atoms with E-state index < -0.39 is 0 Å². The minimum absolute atomic E-state index is 0.275. The number of aromatic hydroxyl groups is 1. The lowest BCUT2D eigenvalue weighted by molar-refractivity contribution is 0.472. The highest BCUT2D eigenvalue weighted by Gasteiger charge is 1.94. The number of phenolic OH excluding ortho intramolecular Hbond substituents is 1. The maximum Gasteiger partial charge on any atom is 0.117 e. The third-order valence-corrected chi connectivity index (χ3v) is 2.08. The Balaban J connectivity index is 3.06. The maximum atomic E-state index is 9.06. The predicted molar refractivity (Wildman–Crippen MR) is 47.1 cm³/mol. The van der Waals surface area contributed by atoms with Crippen LogP contribution >= 0.6 is 24.4 Å². The summed E-state index contributed by atoms with van der Waals surface area (Å²) in [6.07, 6.45) is 1.96. The van der Waals surface area contributed by atoms with Gasteiger partial charge in [-0.15, -0.1) is 24.4 Å². The van der Waals surface area contributed by atoms with Crippen LogP contribution in [0.1, 0.15) is 0 Å². The van der Waals surface area contributed by atoms with E-state index in [1.807, 2.05) is 12.3 Å². The average molecular weight is 172 g/mol. The van der Waals surface area contributed by atoms with Crippen LogP contribution in [0.15, 0.2) is 28.0 Å². The second kappa shape index (κ2) is 3.21. The Labute approximate surface area is 69.9 Å². The van der Waals surface area contributed by atoms with Gasteiger partial charge in [-0.3, -0.25) is 0 Å². The first-order valence-corrected chi connectivity index (χ1v) is 4.46. The minimum Gasteiger partial charge on any atom is -0.508 e. The van der Waals surface area contributed by atoms with Gasteiger partial charge in [-0.2, -0.15) is 0 Å². The van der Waals surface area contributed by atoms with Gasteiger partial charge in [0.2, 0.25) is 0 Å². The summed E-state index contributed by atoms with van der Waals surface area (Å²) in [4.78, 5) is 1.83. The molecule has 1 rings (SSSR count). The first kappa shape index (κ1) is 7.82. The van der Waals surface area contributed by atoms with Crippen molar-refractivity contribution in [2.24, 2.45) is 0 Å². The molecule has 0 spiro atoms. The van der Waals surface area contributed by atoms with E-state index >= 15 is 0 Å². The molecule has 1 nitrogen and oxygen atoms in total. The molecule has 0 aliphatic carbocycles. The quantitative estimate of drug-likeness (QED) is 0.501. The van der Waals surface area contributed by atoms with E-state index in [-0.39, 0.29) is 5.75 Å². The summed E-state index contributed by atoms with van der Waals surface area (Å²) in [5.74, 6) is 0.275. The summed E-state index contributed by atoms with van der Waals surface area (Å²) < 4.78 is 0. The van der Waals surface area contributed by atoms with E-state index in [0.29, 0.717) is 0 Å². The van der Waals surface area contributed by atoms with Crippen molar-refractivity contribution in [2.75, 3.05) is 6.26 Å². The van der Waals surface area contributed by atoms with Crippen molar-refractivity contribution in [3.8, 4) is 5.75 Å². The Bertz CT molecular complexity index is 215. The fourth-order valence-corrected chi connectivity index (χ4v) is 1.53. The number of rotatable bonds is 1. The van der Waals surface area contributed by atoms with Crippen molar-refractivity contribution in [3.05, 3.63) is 18.2 Å². The normalized spacial score (nSPS) is 9.80. The second-order valence-corrected chi connectivity index (χ2v) is 3.29. The van der Waals surface area contributed by atoms with Crippen LogP contribution in [0.25, 0.3) is 0 Å². The molecule has 54 valence electrons. The molecule has 0 saturated heterocycles. The molecule has 1 aromatic rings. The van der Waals surface area contributed by atoms with Crippen molar-refractivity contribution < 1.29 is 5.11 Å². The molecule has 0 fully saturated rings. The maximum absolute atomic E-state index is 9.06. The fourth-order valence-electron chi connectivity index (χ4n) is 0.686. The van der Waals surface area contributed by atoms with Crippen molar-refractivity contribution in [1.29, 1.82) is 0 Å². The summed E-state index contributed by atoms with van der Waals surface area (Å²) >= 11 is 5.69. The van der Waals surface area contributed by atoms with E-state index in [4.69, 9.17) is 5.11 Å². The van der Waals surface area contributed by atoms with Crippen LogP contribution in [-0.4, -0.2) is 11.4 Å². The minimum atomic E-state index is 0.275. The molecule has 10 heavy (non-hydrogen) atoms. The number of hydrogen-bond acceptors (Lipinski definition) is 3. The predicted octanol–water partition coefficient (Wildman–Crippen LogP) is 2.40. The summed E-state index contributed by atoms with van der Waals surface area (Å²) in [6, 6.07) is 5.24. The molecule has 0 saturated carbocycles. The largest absolute Gasteiger partial charge is 0.508 e. The molecule has 0 aromatic heterocycles. The first-order chi connectivity index (χ1) is 4.72. The standard InChI is InChI=1S/C7H8OS2/c1-10-7-3-5(8)2-6(9)4-7/h2-4,8-9H,1H3. The molecule has 0 aliphatic heterocycles. The zero-order valence-electron chi connectivity index (χ0n) is 5.53. The number of phenols is 1. The Morgan fingerprint density at radius 1 is 1.40 bits per heavy atom. The number of benzene rings is 1. The zero-order valence-corrected chi connectivity index (χ0v) is 7.25. The van der Waals surface area contributed by atoms with E-state index in [1.165, 1.54) is 0 Å². The molecule has 1 N–H and O–H groups in total. The van der Waals surface area contributed by atoms with Crippen molar-refractivity contribution >= 4 is 24.4 Å². The van der Waals surface area contributed by atoms with Gasteiger partial charge in [-0.05, 0) is 24.5 Å². The van der Waals surface area contributed by atoms with Crippen molar-refractivity contribution in [1.82, 2.24) is 0 Å². The third-order valence-electron chi connectivity index (χ3n) is 1.11. The molecule has 0 bridgehead atoms. The van der Waals surface area contributed by atoms with Gasteiger partial charge in [0.25, 0.3) is 0 Å². The van der Waals surface area contributed by atoms with Crippen LogP contribution in [0, 0.1) is 0 Å². The Hall–Kier alpha value is -0.280. The van der Waals surface area contributed by atoms with E-state index in [0.717, 1.165) is 9.79 Å². The lowest BCUT2D eigenvalue weighted by atomic mass is 10.3. The zero-order chi connectivity index (χ0) is 7.56. The summed E-state index contributed by atoms with van der Waals surface area (Å²) in [7, 11) is 0. The smallest absolute Gasteiger partial charge is 0.117 e. The Kier molecular flexibility index (Phi) is 2.51. The number of hydrogen-bond donors (Lipinski definition) is 2. The summed E-state index contributed by atoms with van der Waals surface area (Å²) in [5, 5.41) is 9.06. The highest BCUT2D eigenvalue weighted by atomic mass is 32.2. The first-order valence-electron chi connectivity index (χ1n) is 2.79. The van der Waals surface area contributed by atoms with Crippen LogP contribution < -0.4 is 0 Å². The van der Waals surface area contributed by atoms with Gasteiger partial charge >= 0.3 is 0 Å². The van der Waals surface area contributed by atoms with Gasteiger partial charge in [0.1, 0.15) is 5.75 Å². The SMILES string of the molecule is CSc1cc(O)cc(S)c1. The molecule has 3 heteroatoms. The molecule has 0 radical (unpaired) electrons. The van der Waals surface area contributed by atoms with Crippen molar-refractivity contribution in [3.63, 3.8) is 0 Å². The van der Waals surface area contributed by atoms with E-state index in [2.05, 4.69) is 12.6 Å². The molecule has 0 heterocycles. The monoisotopic (exact) mass is 172 g/mol. The van der Waals surface area contributed by atoms with Gasteiger partial charge in [-0.1, -0.05) is 0 Å². The van der Waals surface area contributed by atoms with Gasteiger partial charge in [0.05, 0.1) is 0 Å². The van der Waals surface area contributed by atoms with Gasteiger partial charge < -0.3 is 5.11 Å². The van der Waals surface area contributed by atoms with Gasteiger partial charge in [0, 0.05) is 9.79 Å². The fraction of sp³-hybridized carbons (Fsp3) is 0.143. The molecule has 1 aromatic carbocycles. The highest BCUT2D eigenvalue weighted by molar-refractivity contribution is 7.98. The molecule has 0 aliphatic rings. The lowest BCUT2D eigenvalue weighted by Gasteiger charge is -1.98. The molecule has 0 unspecified atom stereocenters. The average Bonchev–Trinajstić information content (AvgIpc) is 1.85. The van der Waals surface area contributed by atoms with Gasteiger partial charge in [-0.25, -0.2) is 0 Å². The molecule has 0 atom stereocenters. The van der Waals surface area contributed by atoms with Crippen molar-refractivity contribution in [2.45, 2.75) is 9.79 Å². The van der Waals surface area contributed by atoms with Crippen LogP contribution in [0.5, 0.6) is 5.75 Å². The third kappa shape index (κ3) is 1.85. The van der Waals surface area contributed by atoms with E-state index in [9.17, 15) is 0 Å². The summed E-state index contributed by atoms with van der Waals surface area (Å²) in [5.41, 5.74) is 0. The molecular weight excluding hydrogens is 164 g/mol. The van der Waals surface area contributed by atoms with Crippen LogP contribution in [0.3, 0.4) is 0 Å². The molecular formula is C7H8OS2. The highest BCUT2D eigenvalue weighted by Crippen LogP contribution is 2.24.